The van der Waals surface area contributed by atoms with Gasteiger partial charge in [-0.15, -0.1) is 23.7 Å². The van der Waals surface area contributed by atoms with Gasteiger partial charge in [0.25, 0.3) is 11.5 Å². The average Bonchev–Trinajstić information content (AvgIpc) is 3.32. The summed E-state index contributed by atoms with van der Waals surface area (Å²) in [6.07, 6.45) is 3.27. The minimum absolute atomic E-state index is 0. The van der Waals surface area contributed by atoms with Gasteiger partial charge in [0, 0.05) is 35.2 Å². The number of primary amides is 1. The quantitative estimate of drug-likeness (QED) is 0.373. The monoisotopic (exact) mass is 576 g/mol. The molecule has 1 saturated heterocycles. The molecule has 0 bridgehead atoms. The molecule has 4 rings (SSSR count). The minimum Gasteiger partial charge on any atom is -0.478 e. The Bertz CT molecular complexity index is 1490. The molecule has 0 saturated carbocycles. The molecule has 0 aliphatic carbocycles. The van der Waals surface area contributed by atoms with E-state index in [1.165, 1.54) is 40.1 Å². The van der Waals surface area contributed by atoms with Crippen molar-refractivity contribution in [2.75, 3.05) is 23.3 Å². The maximum Gasteiger partial charge on any atom is 0.404 e. The van der Waals surface area contributed by atoms with Gasteiger partial charge in [-0.25, -0.2) is 19.6 Å². The highest BCUT2D eigenvalue weighted by Crippen LogP contribution is 2.27. The number of carboxylic acid groups (broad SMARTS) is 1. The Morgan fingerprint density at radius 3 is 2.67 bits per heavy atom. The predicted molar refractivity (Wildman–Crippen MR) is 150 cm³/mol. The van der Waals surface area contributed by atoms with E-state index in [-0.39, 0.29) is 47.0 Å². The summed E-state index contributed by atoms with van der Waals surface area (Å²) in [5, 5.41) is 14.3. The molecule has 1 aliphatic rings. The predicted octanol–water partition coefficient (Wildman–Crippen LogP) is 3.28. The maximum atomic E-state index is 13.4. The highest BCUT2D eigenvalue weighted by Gasteiger charge is 2.26. The minimum atomic E-state index is -1.22. The molecule has 3 aromatic rings. The van der Waals surface area contributed by atoms with Crippen LogP contribution in [0.2, 0.25) is 0 Å². The van der Waals surface area contributed by atoms with E-state index in [0.29, 0.717) is 24.5 Å². The molecule has 14 heteroatoms. The third kappa shape index (κ3) is 6.92. The lowest BCUT2D eigenvalue weighted by Crippen LogP contribution is -2.43. The highest BCUT2D eigenvalue weighted by molar-refractivity contribution is 7.14. The normalized spacial score (nSPS) is 15.7. The Balaban J connectivity index is 0.00000420. The largest absolute Gasteiger partial charge is 0.478 e. The fraction of sp³-hybridized carbons (Fsp3) is 0.360. The molecule has 3 aromatic heterocycles. The summed E-state index contributed by atoms with van der Waals surface area (Å²) in [5.74, 6) is -1.42. The van der Waals surface area contributed by atoms with Crippen molar-refractivity contribution in [3.63, 3.8) is 0 Å². The first-order chi connectivity index (χ1) is 17.9. The number of carbonyl (C=O) groups excluding carboxylic acids is 2. The lowest BCUT2D eigenvalue weighted by atomic mass is 9.93. The molecule has 0 radical (unpaired) electrons. The van der Waals surface area contributed by atoms with Crippen LogP contribution in [0.1, 0.15) is 55.2 Å². The zero-order valence-electron chi connectivity index (χ0n) is 21.5. The van der Waals surface area contributed by atoms with Crippen molar-refractivity contribution in [2.24, 2.45) is 5.73 Å². The molecule has 1 aliphatic heterocycles. The first-order valence-electron chi connectivity index (χ1n) is 11.9. The topological polar surface area (TPSA) is 169 Å². The molecule has 4 heterocycles. The fourth-order valence-electron chi connectivity index (χ4n) is 4.06. The molecule has 0 unspecified atom stereocenters. The van der Waals surface area contributed by atoms with Crippen LogP contribution in [0.5, 0.6) is 0 Å². The number of halogens is 1. The molecular formula is C25H29ClN6O6S. The molecule has 0 aromatic carbocycles. The zero-order chi connectivity index (χ0) is 27.6. The Labute approximate surface area is 233 Å². The van der Waals surface area contributed by atoms with Crippen LogP contribution in [-0.2, 0) is 14.9 Å². The summed E-state index contributed by atoms with van der Waals surface area (Å²) >= 11 is 1.32. The number of piperidine rings is 1. The molecule has 0 spiro atoms. The third-order valence-electron chi connectivity index (χ3n) is 5.95. The second kappa shape index (κ2) is 11.8. The molecule has 1 fully saturated rings. The van der Waals surface area contributed by atoms with Crippen LogP contribution in [-0.4, -0.2) is 56.6 Å². The summed E-state index contributed by atoms with van der Waals surface area (Å²) < 4.78 is 6.38. The number of amides is 2. The number of thiazole rings is 1. The van der Waals surface area contributed by atoms with E-state index < -0.39 is 29.6 Å². The van der Waals surface area contributed by atoms with Crippen LogP contribution in [0.15, 0.2) is 34.6 Å². The van der Waals surface area contributed by atoms with E-state index in [1.807, 2.05) is 26.2 Å². The standard InChI is InChI=1S/C25H28N6O6S.ClH/c1-25(2,3)17-13-38-24(27-17)29-21(34)14-8-10-31-18(11-14)28-20(16(22(31)35)6-7-19(32)33)30-9-4-5-15(12-30)37-23(26)36;/h6-8,10-11,13,15H,4-5,9,12H2,1-3H3,(H2,26,36)(H,32,33)(H,27,29,34);1H/t15-;/m1./s1. The van der Waals surface area contributed by atoms with Crippen molar-refractivity contribution in [1.29, 1.82) is 0 Å². The first-order valence-corrected chi connectivity index (χ1v) is 12.8. The molecule has 2 amide bonds. The number of anilines is 2. The van der Waals surface area contributed by atoms with Crippen molar-refractivity contribution in [3.05, 3.63) is 57.0 Å². The summed E-state index contributed by atoms with van der Waals surface area (Å²) in [6, 6.07) is 2.95. The van der Waals surface area contributed by atoms with Gasteiger partial charge in [0.2, 0.25) is 0 Å². The smallest absolute Gasteiger partial charge is 0.404 e. The number of nitrogens with zero attached hydrogens (tertiary/aromatic N) is 4. The van der Waals surface area contributed by atoms with Crippen LogP contribution in [0, 0.1) is 0 Å². The number of aromatic nitrogens is 3. The number of carbonyl (C=O) groups is 3. The van der Waals surface area contributed by atoms with Gasteiger partial charge >= 0.3 is 12.1 Å². The van der Waals surface area contributed by atoms with Gasteiger partial charge in [-0.1, -0.05) is 20.8 Å². The third-order valence-corrected chi connectivity index (χ3v) is 6.71. The lowest BCUT2D eigenvalue weighted by Gasteiger charge is -2.33. The number of rotatable bonds is 6. The van der Waals surface area contributed by atoms with Gasteiger partial charge in [-0.05, 0) is 31.1 Å². The van der Waals surface area contributed by atoms with Crippen LogP contribution in [0.25, 0.3) is 11.7 Å². The molecular weight excluding hydrogens is 548 g/mol. The summed E-state index contributed by atoms with van der Waals surface area (Å²) in [7, 11) is 0. The molecule has 4 N–H and O–H groups in total. The summed E-state index contributed by atoms with van der Waals surface area (Å²) in [6.45, 7) is 6.81. The molecule has 208 valence electrons. The van der Waals surface area contributed by atoms with E-state index in [2.05, 4.69) is 15.3 Å². The number of carboxylic acids is 1. The number of hydrogen-bond donors (Lipinski definition) is 3. The van der Waals surface area contributed by atoms with Crippen LogP contribution >= 0.6 is 23.7 Å². The second-order valence-electron chi connectivity index (χ2n) is 9.86. The summed E-state index contributed by atoms with van der Waals surface area (Å²) in [4.78, 5) is 59.6. The Morgan fingerprint density at radius 2 is 2.03 bits per heavy atom. The SMILES string of the molecule is CC(C)(C)c1csc(NC(=O)c2ccn3c(=O)c(C=CC(=O)O)c(N4CCC[C@@H](OC(N)=O)C4)nc3c2)n1.Cl. The second-order valence-corrected chi connectivity index (χ2v) is 10.7. The number of fused-ring (bicyclic) bond motifs is 1. The number of hydrogen-bond acceptors (Lipinski definition) is 9. The maximum absolute atomic E-state index is 13.4. The number of pyridine rings is 1. The number of aliphatic carboxylic acids is 1. The van der Waals surface area contributed by atoms with Crippen LogP contribution < -0.4 is 21.5 Å². The van der Waals surface area contributed by atoms with Crippen molar-refractivity contribution in [2.45, 2.75) is 45.1 Å². The van der Waals surface area contributed by atoms with Gasteiger partial charge in [0.1, 0.15) is 17.6 Å². The van der Waals surface area contributed by atoms with Crippen molar-refractivity contribution in [1.82, 2.24) is 14.4 Å². The average molecular weight is 577 g/mol. The Hall–Kier alpha value is -3.97. The fourth-order valence-corrected chi connectivity index (χ4v) is 4.99. The highest BCUT2D eigenvalue weighted by atomic mass is 35.5. The van der Waals surface area contributed by atoms with Crippen LogP contribution in [0.3, 0.4) is 0 Å². The van der Waals surface area contributed by atoms with Gasteiger partial charge in [0.15, 0.2) is 5.13 Å². The lowest BCUT2D eigenvalue weighted by molar-refractivity contribution is -0.131. The van der Waals surface area contributed by atoms with Gasteiger partial charge in [0.05, 0.1) is 17.8 Å². The van der Waals surface area contributed by atoms with E-state index >= 15 is 0 Å². The zero-order valence-corrected chi connectivity index (χ0v) is 23.2. The summed E-state index contributed by atoms with van der Waals surface area (Å²) in [5.41, 5.74) is 5.87. The Morgan fingerprint density at radius 1 is 1.28 bits per heavy atom. The number of ether oxygens (including phenoxy) is 1. The molecule has 1 atom stereocenters. The van der Waals surface area contributed by atoms with Gasteiger partial charge in [-0.3, -0.25) is 19.3 Å². The van der Waals surface area contributed by atoms with E-state index in [0.717, 1.165) is 11.8 Å². The van der Waals surface area contributed by atoms with Crippen molar-refractivity contribution >= 4 is 64.4 Å². The van der Waals surface area contributed by atoms with E-state index in [9.17, 15) is 19.2 Å². The van der Waals surface area contributed by atoms with E-state index in [1.54, 1.807) is 4.90 Å². The van der Waals surface area contributed by atoms with Crippen molar-refractivity contribution < 1.29 is 24.2 Å². The molecule has 12 nitrogen and oxygen atoms in total. The van der Waals surface area contributed by atoms with E-state index in [4.69, 9.17) is 15.6 Å². The first kappa shape index (κ1) is 29.6. The van der Waals surface area contributed by atoms with Gasteiger partial charge in [-0.2, -0.15) is 0 Å². The molecule has 39 heavy (non-hydrogen) atoms. The number of nitrogens with one attached hydrogen (secondary N) is 1. The van der Waals surface area contributed by atoms with Crippen LogP contribution in [0.4, 0.5) is 15.7 Å². The van der Waals surface area contributed by atoms with Crippen molar-refractivity contribution in [3.8, 4) is 0 Å². The number of nitrogens with two attached hydrogens (primary N) is 1. The van der Waals surface area contributed by atoms with Gasteiger partial charge < -0.3 is 20.5 Å². The Kier molecular flexibility index (Phi) is 8.97.